The Kier molecular flexibility index (Phi) is 5.68. The van der Waals surface area contributed by atoms with Crippen LogP contribution in [0.5, 0.6) is 5.75 Å². The molecule has 0 spiro atoms. The molecule has 20 heavy (non-hydrogen) atoms. The van der Waals surface area contributed by atoms with E-state index >= 15 is 0 Å². The molecule has 1 saturated heterocycles. The van der Waals surface area contributed by atoms with Crippen molar-refractivity contribution in [1.82, 2.24) is 4.90 Å². The Labute approximate surface area is 120 Å². The number of likely N-dealkylation sites (tertiary alicyclic amines) is 1. The van der Waals surface area contributed by atoms with Crippen LogP contribution in [0.2, 0.25) is 0 Å². The summed E-state index contributed by atoms with van der Waals surface area (Å²) < 4.78 is 5.76. The summed E-state index contributed by atoms with van der Waals surface area (Å²) in [7, 11) is 0. The number of hydrogen-bond donors (Lipinski definition) is 2. The van der Waals surface area contributed by atoms with Crippen LogP contribution in [-0.4, -0.2) is 43.6 Å². The van der Waals surface area contributed by atoms with Gasteiger partial charge in [-0.25, -0.2) is 0 Å². The summed E-state index contributed by atoms with van der Waals surface area (Å²) in [5.74, 6) is 1.07. The van der Waals surface area contributed by atoms with Crippen LogP contribution in [0.4, 0.5) is 0 Å². The fourth-order valence-electron chi connectivity index (χ4n) is 2.37. The Balaban J connectivity index is 1.69. The number of hydrogen-bond acceptors (Lipinski definition) is 3. The van der Waals surface area contributed by atoms with Crippen molar-refractivity contribution in [2.24, 2.45) is 16.5 Å². The van der Waals surface area contributed by atoms with E-state index in [1.54, 1.807) is 0 Å². The predicted molar refractivity (Wildman–Crippen MR) is 82.0 cm³/mol. The van der Waals surface area contributed by atoms with Crippen molar-refractivity contribution in [1.29, 1.82) is 0 Å². The van der Waals surface area contributed by atoms with Crippen molar-refractivity contribution >= 4 is 5.96 Å². The molecule has 0 aliphatic carbocycles. The van der Waals surface area contributed by atoms with Gasteiger partial charge in [0.15, 0.2) is 5.96 Å². The summed E-state index contributed by atoms with van der Waals surface area (Å²) in [6, 6.07) is 8.14. The van der Waals surface area contributed by atoms with E-state index in [0.29, 0.717) is 6.54 Å². The minimum absolute atomic E-state index is 0.145. The predicted octanol–water partition coefficient (Wildman–Crippen LogP) is 0.977. The summed E-state index contributed by atoms with van der Waals surface area (Å²) in [4.78, 5) is 6.42. The molecular formula is C15H24N4O. The summed E-state index contributed by atoms with van der Waals surface area (Å²) in [6.07, 6.45) is 3.49. The highest BCUT2D eigenvalue weighted by Gasteiger charge is 2.10. The molecule has 1 aliphatic heterocycles. The third-order valence-corrected chi connectivity index (χ3v) is 3.49. The lowest BCUT2D eigenvalue weighted by Crippen LogP contribution is -2.25. The quantitative estimate of drug-likeness (QED) is 0.575. The smallest absolute Gasteiger partial charge is 0.185 e. The Morgan fingerprint density at radius 3 is 2.50 bits per heavy atom. The van der Waals surface area contributed by atoms with Gasteiger partial charge in [-0.3, -0.25) is 9.89 Å². The van der Waals surface area contributed by atoms with Crippen molar-refractivity contribution in [2.45, 2.75) is 19.3 Å². The first-order valence-electron chi connectivity index (χ1n) is 7.23. The highest BCUT2D eigenvalue weighted by Crippen LogP contribution is 2.13. The molecule has 0 amide bonds. The lowest BCUT2D eigenvalue weighted by molar-refractivity contribution is 0.238. The van der Waals surface area contributed by atoms with Gasteiger partial charge in [0, 0.05) is 13.1 Å². The zero-order valence-electron chi connectivity index (χ0n) is 11.9. The molecular weight excluding hydrogens is 252 g/mol. The van der Waals surface area contributed by atoms with E-state index in [1.807, 2.05) is 12.1 Å². The lowest BCUT2D eigenvalue weighted by Gasteiger charge is -2.15. The van der Waals surface area contributed by atoms with Crippen LogP contribution in [-0.2, 0) is 6.42 Å². The van der Waals surface area contributed by atoms with Crippen LogP contribution in [0.15, 0.2) is 29.3 Å². The number of guanidine groups is 1. The molecule has 1 aromatic carbocycles. The Morgan fingerprint density at radius 1 is 1.15 bits per heavy atom. The number of rotatable bonds is 7. The van der Waals surface area contributed by atoms with Crippen molar-refractivity contribution in [3.8, 4) is 5.75 Å². The summed E-state index contributed by atoms with van der Waals surface area (Å²) in [5, 5.41) is 0. The van der Waals surface area contributed by atoms with E-state index in [9.17, 15) is 0 Å². The second-order valence-electron chi connectivity index (χ2n) is 5.10. The molecule has 0 unspecified atom stereocenters. The first kappa shape index (κ1) is 14.7. The van der Waals surface area contributed by atoms with Crippen molar-refractivity contribution < 1.29 is 4.74 Å². The van der Waals surface area contributed by atoms with E-state index in [0.717, 1.165) is 25.3 Å². The first-order chi connectivity index (χ1) is 9.74. The Hall–Kier alpha value is -1.75. The van der Waals surface area contributed by atoms with Gasteiger partial charge in [0.05, 0.1) is 0 Å². The molecule has 0 atom stereocenters. The number of ether oxygens (including phenoxy) is 1. The van der Waals surface area contributed by atoms with Crippen molar-refractivity contribution in [3.63, 3.8) is 0 Å². The average Bonchev–Trinajstić information content (AvgIpc) is 2.93. The first-order valence-corrected chi connectivity index (χ1v) is 7.23. The topological polar surface area (TPSA) is 76.9 Å². The fraction of sp³-hybridized carbons (Fsp3) is 0.533. The lowest BCUT2D eigenvalue weighted by atomic mass is 10.1. The van der Waals surface area contributed by atoms with Gasteiger partial charge in [0.25, 0.3) is 0 Å². The normalized spacial score (nSPS) is 15.2. The van der Waals surface area contributed by atoms with Gasteiger partial charge in [0.1, 0.15) is 12.4 Å². The minimum atomic E-state index is 0.145. The highest BCUT2D eigenvalue weighted by molar-refractivity contribution is 5.75. The van der Waals surface area contributed by atoms with E-state index in [4.69, 9.17) is 16.2 Å². The summed E-state index contributed by atoms with van der Waals surface area (Å²) >= 11 is 0. The largest absolute Gasteiger partial charge is 0.492 e. The third-order valence-electron chi connectivity index (χ3n) is 3.49. The standard InChI is InChI=1S/C15H24N4O/c16-15(17)18-8-7-13-3-5-14(6-4-13)20-12-11-19-9-1-2-10-19/h3-6H,1-2,7-12H2,(H4,16,17,18). The van der Waals surface area contributed by atoms with Gasteiger partial charge >= 0.3 is 0 Å². The fourth-order valence-corrected chi connectivity index (χ4v) is 2.37. The van der Waals surface area contributed by atoms with Crippen molar-refractivity contribution in [3.05, 3.63) is 29.8 Å². The number of nitrogens with zero attached hydrogens (tertiary/aromatic N) is 2. The summed E-state index contributed by atoms with van der Waals surface area (Å²) in [5.41, 5.74) is 11.8. The monoisotopic (exact) mass is 276 g/mol. The number of benzene rings is 1. The van der Waals surface area contributed by atoms with Crippen LogP contribution in [0, 0.1) is 0 Å². The molecule has 5 nitrogen and oxygen atoms in total. The second-order valence-corrected chi connectivity index (χ2v) is 5.10. The van der Waals surface area contributed by atoms with Gasteiger partial charge in [-0.15, -0.1) is 0 Å². The van der Waals surface area contributed by atoms with Crippen LogP contribution in [0.25, 0.3) is 0 Å². The van der Waals surface area contributed by atoms with Crippen LogP contribution >= 0.6 is 0 Å². The van der Waals surface area contributed by atoms with Gasteiger partial charge < -0.3 is 16.2 Å². The Bertz CT molecular complexity index is 420. The van der Waals surface area contributed by atoms with Crippen molar-refractivity contribution in [2.75, 3.05) is 32.8 Å². The zero-order valence-corrected chi connectivity index (χ0v) is 11.9. The maximum Gasteiger partial charge on any atom is 0.185 e. The van der Waals surface area contributed by atoms with Gasteiger partial charge in [-0.1, -0.05) is 12.1 Å². The SMILES string of the molecule is NC(N)=NCCc1ccc(OCCN2CCCC2)cc1. The zero-order chi connectivity index (χ0) is 14.2. The molecule has 0 bridgehead atoms. The van der Waals surface area contributed by atoms with E-state index < -0.39 is 0 Å². The molecule has 1 aromatic rings. The molecule has 4 N–H and O–H groups in total. The van der Waals surface area contributed by atoms with E-state index in [1.165, 1.54) is 31.5 Å². The molecule has 5 heteroatoms. The molecule has 1 aliphatic rings. The van der Waals surface area contributed by atoms with E-state index in [-0.39, 0.29) is 5.96 Å². The molecule has 0 saturated carbocycles. The van der Waals surface area contributed by atoms with Crippen LogP contribution in [0.3, 0.4) is 0 Å². The Morgan fingerprint density at radius 2 is 1.85 bits per heavy atom. The molecule has 1 heterocycles. The molecule has 1 fully saturated rings. The van der Waals surface area contributed by atoms with Gasteiger partial charge in [-0.2, -0.15) is 0 Å². The highest BCUT2D eigenvalue weighted by atomic mass is 16.5. The number of nitrogens with two attached hydrogens (primary N) is 2. The molecule has 2 rings (SSSR count). The van der Waals surface area contributed by atoms with Gasteiger partial charge in [0.2, 0.25) is 0 Å². The van der Waals surface area contributed by atoms with Gasteiger partial charge in [-0.05, 0) is 50.0 Å². The number of aliphatic imine (C=N–C) groups is 1. The van der Waals surface area contributed by atoms with E-state index in [2.05, 4.69) is 22.0 Å². The molecule has 0 aromatic heterocycles. The summed E-state index contributed by atoms with van der Waals surface area (Å²) in [6.45, 7) is 4.83. The average molecular weight is 276 g/mol. The maximum atomic E-state index is 5.76. The van der Waals surface area contributed by atoms with Crippen LogP contribution < -0.4 is 16.2 Å². The maximum absolute atomic E-state index is 5.76. The minimum Gasteiger partial charge on any atom is -0.492 e. The molecule has 110 valence electrons. The molecule has 0 radical (unpaired) electrons. The van der Waals surface area contributed by atoms with Crippen LogP contribution in [0.1, 0.15) is 18.4 Å². The third kappa shape index (κ3) is 5.09. The second kappa shape index (κ2) is 7.75.